The summed E-state index contributed by atoms with van der Waals surface area (Å²) < 4.78 is 5.37. The molecule has 148 valence electrons. The molecule has 2 aromatic carbocycles. The molecule has 2 rings (SSSR count). The highest BCUT2D eigenvalue weighted by atomic mass is 35.5. The highest BCUT2D eigenvalue weighted by Crippen LogP contribution is 2.30. The molecule has 0 aromatic heterocycles. The van der Waals surface area contributed by atoms with Crippen molar-refractivity contribution in [1.82, 2.24) is 5.32 Å². The van der Waals surface area contributed by atoms with Gasteiger partial charge >= 0.3 is 5.69 Å². The third kappa shape index (κ3) is 5.43. The van der Waals surface area contributed by atoms with Crippen LogP contribution in [0.5, 0.6) is 5.75 Å². The SMILES string of the molecule is Cc1cccc(C)c1NC(=O)CNC(=O)[C@H](C)Oc1ccc(Cl)cc1[N+](=O)[O-]. The zero-order valence-electron chi connectivity index (χ0n) is 15.6. The van der Waals surface area contributed by atoms with Crippen molar-refractivity contribution in [2.45, 2.75) is 26.9 Å². The lowest BCUT2D eigenvalue weighted by Crippen LogP contribution is -2.40. The predicted molar refractivity (Wildman–Crippen MR) is 106 cm³/mol. The van der Waals surface area contributed by atoms with Gasteiger partial charge in [-0.3, -0.25) is 19.7 Å². The van der Waals surface area contributed by atoms with Gasteiger partial charge in [-0.1, -0.05) is 29.8 Å². The lowest BCUT2D eigenvalue weighted by Gasteiger charge is -2.15. The number of nitrogens with one attached hydrogen (secondary N) is 2. The van der Waals surface area contributed by atoms with Crippen LogP contribution in [0, 0.1) is 24.0 Å². The molecule has 0 aliphatic rings. The smallest absolute Gasteiger partial charge is 0.312 e. The minimum absolute atomic E-state index is 0.0861. The molecule has 0 unspecified atom stereocenters. The van der Waals surface area contributed by atoms with Gasteiger partial charge in [-0.15, -0.1) is 0 Å². The van der Waals surface area contributed by atoms with Gasteiger partial charge in [-0.05, 0) is 44.0 Å². The van der Waals surface area contributed by atoms with Gasteiger partial charge in [-0.2, -0.15) is 0 Å². The number of halogens is 1. The van der Waals surface area contributed by atoms with Crippen LogP contribution in [-0.4, -0.2) is 29.4 Å². The van der Waals surface area contributed by atoms with Crippen LogP contribution in [0.15, 0.2) is 36.4 Å². The Morgan fingerprint density at radius 2 is 1.86 bits per heavy atom. The van der Waals surface area contributed by atoms with Crippen molar-refractivity contribution in [3.63, 3.8) is 0 Å². The third-order valence-electron chi connectivity index (χ3n) is 3.96. The van der Waals surface area contributed by atoms with Gasteiger partial charge in [0, 0.05) is 16.8 Å². The Morgan fingerprint density at radius 3 is 2.46 bits per heavy atom. The van der Waals surface area contributed by atoms with Crippen LogP contribution >= 0.6 is 11.6 Å². The first-order valence-electron chi connectivity index (χ1n) is 8.43. The molecule has 0 spiro atoms. The van der Waals surface area contributed by atoms with Gasteiger partial charge in [-0.25, -0.2) is 0 Å². The number of nitro groups is 1. The molecule has 0 saturated heterocycles. The Morgan fingerprint density at radius 1 is 1.21 bits per heavy atom. The Hall–Kier alpha value is -3.13. The molecular weight excluding hydrogens is 386 g/mol. The second-order valence-electron chi connectivity index (χ2n) is 6.16. The van der Waals surface area contributed by atoms with E-state index in [-0.39, 0.29) is 23.0 Å². The number of anilines is 1. The second-order valence-corrected chi connectivity index (χ2v) is 6.60. The third-order valence-corrected chi connectivity index (χ3v) is 4.19. The molecule has 2 amide bonds. The van der Waals surface area contributed by atoms with Crippen molar-refractivity contribution >= 4 is 34.8 Å². The fourth-order valence-electron chi connectivity index (χ4n) is 2.48. The minimum Gasteiger partial charge on any atom is -0.474 e. The maximum atomic E-state index is 12.2. The molecule has 0 bridgehead atoms. The van der Waals surface area contributed by atoms with Crippen molar-refractivity contribution < 1.29 is 19.2 Å². The fraction of sp³-hybridized carbons (Fsp3) is 0.263. The first kappa shape index (κ1) is 21.2. The van der Waals surface area contributed by atoms with Crippen LogP contribution in [0.25, 0.3) is 0 Å². The molecular formula is C19H20ClN3O5. The van der Waals surface area contributed by atoms with Crippen LogP contribution in [0.2, 0.25) is 5.02 Å². The summed E-state index contributed by atoms with van der Waals surface area (Å²) in [7, 11) is 0. The zero-order chi connectivity index (χ0) is 20.8. The number of para-hydroxylation sites is 1. The van der Waals surface area contributed by atoms with Crippen molar-refractivity contribution in [2.75, 3.05) is 11.9 Å². The number of carbonyl (C=O) groups excluding carboxylic acids is 2. The van der Waals surface area contributed by atoms with Gasteiger partial charge in [0.25, 0.3) is 5.91 Å². The highest BCUT2D eigenvalue weighted by molar-refractivity contribution is 6.30. The number of nitro benzene ring substituents is 1. The summed E-state index contributed by atoms with van der Waals surface area (Å²) >= 11 is 5.75. The molecule has 0 aliphatic heterocycles. The summed E-state index contributed by atoms with van der Waals surface area (Å²) in [6, 6.07) is 9.51. The molecule has 0 heterocycles. The number of rotatable bonds is 7. The first-order valence-corrected chi connectivity index (χ1v) is 8.81. The number of nitrogens with zero attached hydrogens (tertiary/aromatic N) is 1. The summed E-state index contributed by atoms with van der Waals surface area (Å²) in [6.07, 6.45) is -1.05. The van der Waals surface area contributed by atoms with Crippen molar-refractivity contribution in [1.29, 1.82) is 0 Å². The largest absolute Gasteiger partial charge is 0.474 e. The zero-order valence-corrected chi connectivity index (χ0v) is 16.4. The van der Waals surface area contributed by atoms with Crippen molar-refractivity contribution in [3.05, 3.63) is 62.7 Å². The summed E-state index contributed by atoms with van der Waals surface area (Å²) in [5.41, 5.74) is 2.17. The Kier molecular flexibility index (Phi) is 6.94. The molecule has 0 fully saturated rings. The normalized spacial score (nSPS) is 11.4. The summed E-state index contributed by atoms with van der Waals surface area (Å²) in [5, 5.41) is 16.5. The molecule has 1 atom stereocenters. The first-order chi connectivity index (χ1) is 13.2. The van der Waals surface area contributed by atoms with Crippen LogP contribution in [0.1, 0.15) is 18.1 Å². The molecule has 0 aliphatic carbocycles. The maximum Gasteiger partial charge on any atom is 0.312 e. The van der Waals surface area contributed by atoms with Gasteiger partial charge in [0.15, 0.2) is 11.9 Å². The van der Waals surface area contributed by atoms with E-state index in [1.807, 2.05) is 32.0 Å². The van der Waals surface area contributed by atoms with E-state index in [1.165, 1.54) is 19.1 Å². The molecule has 0 radical (unpaired) electrons. The average molecular weight is 406 g/mol. The Bertz CT molecular complexity index is 896. The number of benzene rings is 2. The molecule has 8 nitrogen and oxygen atoms in total. The van der Waals surface area contributed by atoms with E-state index in [9.17, 15) is 19.7 Å². The number of hydrogen-bond acceptors (Lipinski definition) is 5. The van der Waals surface area contributed by atoms with Crippen molar-refractivity contribution in [3.8, 4) is 5.75 Å². The average Bonchev–Trinajstić information content (AvgIpc) is 2.64. The maximum absolute atomic E-state index is 12.2. The van der Waals surface area contributed by atoms with Crippen molar-refractivity contribution in [2.24, 2.45) is 0 Å². The molecule has 0 saturated carbocycles. The number of carbonyl (C=O) groups is 2. The number of aryl methyl sites for hydroxylation is 2. The second kappa shape index (κ2) is 9.18. The Labute approximate surface area is 167 Å². The summed E-state index contributed by atoms with van der Waals surface area (Å²) in [4.78, 5) is 34.7. The standard InChI is InChI=1S/C19H20ClN3O5/c1-11-5-4-6-12(2)18(11)22-17(24)10-21-19(25)13(3)28-16-8-7-14(20)9-15(16)23(26)27/h4-9,13H,10H2,1-3H3,(H,21,25)(H,22,24)/t13-/m0/s1. The van der Waals surface area contributed by atoms with Gasteiger partial charge < -0.3 is 15.4 Å². The van der Waals surface area contributed by atoms with E-state index in [4.69, 9.17) is 16.3 Å². The fourth-order valence-corrected chi connectivity index (χ4v) is 2.65. The van der Waals surface area contributed by atoms with Crippen LogP contribution < -0.4 is 15.4 Å². The highest BCUT2D eigenvalue weighted by Gasteiger charge is 2.22. The molecule has 28 heavy (non-hydrogen) atoms. The quantitative estimate of drug-likeness (QED) is 0.541. The molecule has 9 heteroatoms. The molecule has 2 aromatic rings. The van der Waals surface area contributed by atoms with E-state index in [0.717, 1.165) is 17.2 Å². The monoisotopic (exact) mass is 405 g/mol. The van der Waals surface area contributed by atoms with Gasteiger partial charge in [0.1, 0.15) is 0 Å². The van der Waals surface area contributed by atoms with E-state index in [1.54, 1.807) is 0 Å². The van der Waals surface area contributed by atoms with Crippen LogP contribution in [0.3, 0.4) is 0 Å². The minimum atomic E-state index is -1.05. The van der Waals surface area contributed by atoms with Crippen LogP contribution in [-0.2, 0) is 9.59 Å². The van der Waals surface area contributed by atoms with E-state index >= 15 is 0 Å². The number of ether oxygens (including phenoxy) is 1. The van der Waals surface area contributed by atoms with Gasteiger partial charge in [0.2, 0.25) is 5.91 Å². The van der Waals surface area contributed by atoms with E-state index in [0.29, 0.717) is 5.69 Å². The van der Waals surface area contributed by atoms with Crippen LogP contribution in [0.4, 0.5) is 11.4 Å². The summed E-state index contributed by atoms with van der Waals surface area (Å²) in [5.74, 6) is -1.06. The molecule has 2 N–H and O–H groups in total. The topological polar surface area (TPSA) is 111 Å². The van der Waals surface area contributed by atoms with E-state index in [2.05, 4.69) is 10.6 Å². The van der Waals surface area contributed by atoms with E-state index < -0.39 is 22.8 Å². The number of amides is 2. The summed E-state index contributed by atoms with van der Waals surface area (Å²) in [6.45, 7) is 4.91. The lowest BCUT2D eigenvalue weighted by atomic mass is 10.1. The number of hydrogen-bond donors (Lipinski definition) is 2. The lowest BCUT2D eigenvalue weighted by molar-refractivity contribution is -0.386. The predicted octanol–water partition coefficient (Wildman–Crippen LogP) is 3.39. The Balaban J connectivity index is 1.94. The van der Waals surface area contributed by atoms with Gasteiger partial charge in [0.05, 0.1) is 11.5 Å².